The Morgan fingerprint density at radius 3 is 2.38 bits per heavy atom. The van der Waals surface area contributed by atoms with Gasteiger partial charge in [-0.05, 0) is 37.5 Å². The van der Waals surface area contributed by atoms with Crippen molar-refractivity contribution in [2.45, 2.75) is 32.7 Å². The highest BCUT2D eigenvalue weighted by molar-refractivity contribution is 5.95. The van der Waals surface area contributed by atoms with Gasteiger partial charge in [0, 0.05) is 17.8 Å². The number of nitrogens with one attached hydrogen (secondary N) is 2. The van der Waals surface area contributed by atoms with Crippen molar-refractivity contribution in [2.75, 3.05) is 11.9 Å². The van der Waals surface area contributed by atoms with Crippen molar-refractivity contribution in [2.24, 2.45) is 0 Å². The maximum atomic E-state index is 12.3. The minimum atomic E-state index is -0.379. The molecule has 2 N–H and O–H groups in total. The van der Waals surface area contributed by atoms with Gasteiger partial charge in [0.15, 0.2) is 5.78 Å². The molecule has 24 heavy (non-hydrogen) atoms. The highest BCUT2D eigenvalue weighted by Gasteiger charge is 2.14. The Hall–Kier alpha value is -2.62. The normalized spacial score (nSPS) is 13.0. The molecule has 0 bridgehead atoms. The van der Waals surface area contributed by atoms with E-state index in [1.165, 1.54) is 12.5 Å². The zero-order valence-electron chi connectivity index (χ0n) is 14.4. The number of amides is 1. The van der Waals surface area contributed by atoms with Crippen molar-refractivity contribution in [3.05, 3.63) is 65.7 Å². The first kappa shape index (κ1) is 17.7. The first-order valence-electron chi connectivity index (χ1n) is 8.17. The molecule has 0 aliphatic heterocycles. The molecule has 2 atom stereocenters. The van der Waals surface area contributed by atoms with Crippen molar-refractivity contribution in [1.29, 1.82) is 0 Å². The first-order valence-corrected chi connectivity index (χ1v) is 8.17. The summed E-state index contributed by atoms with van der Waals surface area (Å²) in [4.78, 5) is 23.7. The highest BCUT2D eigenvalue weighted by atomic mass is 16.2. The molecule has 0 radical (unpaired) electrons. The lowest BCUT2D eigenvalue weighted by atomic mass is 10.0. The molecule has 1 amide bonds. The predicted octanol–water partition coefficient (Wildman–Crippen LogP) is 3.61. The van der Waals surface area contributed by atoms with Crippen LogP contribution in [0.5, 0.6) is 0 Å². The maximum absolute atomic E-state index is 12.3. The average molecular weight is 324 g/mol. The molecule has 2 aromatic rings. The minimum absolute atomic E-state index is 0.00689. The van der Waals surface area contributed by atoms with Gasteiger partial charge < -0.3 is 10.6 Å². The summed E-state index contributed by atoms with van der Waals surface area (Å²) in [6.07, 6.45) is 0. The van der Waals surface area contributed by atoms with Crippen molar-refractivity contribution in [1.82, 2.24) is 5.32 Å². The Kier molecular flexibility index (Phi) is 6.13. The second-order valence-corrected chi connectivity index (χ2v) is 6.06. The number of Topliss-reactive ketones (excluding diaryl/α,β-unsaturated/α-hetero) is 1. The van der Waals surface area contributed by atoms with Crippen LogP contribution in [0.2, 0.25) is 0 Å². The molecule has 126 valence electrons. The molecule has 2 rings (SSSR count). The fourth-order valence-electron chi connectivity index (χ4n) is 2.45. The van der Waals surface area contributed by atoms with Gasteiger partial charge in [-0.1, -0.05) is 49.4 Å². The minimum Gasteiger partial charge on any atom is -0.374 e. The van der Waals surface area contributed by atoms with E-state index in [2.05, 4.69) is 29.7 Å². The van der Waals surface area contributed by atoms with Gasteiger partial charge in [0.2, 0.25) is 5.91 Å². The lowest BCUT2D eigenvalue weighted by molar-refractivity contribution is -0.121. The third kappa shape index (κ3) is 4.95. The van der Waals surface area contributed by atoms with Crippen molar-refractivity contribution in [3.8, 4) is 0 Å². The molecular formula is C20H24N2O2. The van der Waals surface area contributed by atoms with E-state index in [9.17, 15) is 9.59 Å². The van der Waals surface area contributed by atoms with E-state index in [-0.39, 0.29) is 23.7 Å². The van der Waals surface area contributed by atoms with Crippen LogP contribution in [0, 0.1) is 0 Å². The fraction of sp³-hybridized carbons (Fsp3) is 0.300. The van der Waals surface area contributed by atoms with Crippen LogP contribution in [0.15, 0.2) is 54.6 Å². The summed E-state index contributed by atoms with van der Waals surface area (Å²) in [6.45, 7) is 6.01. The number of hydrogen-bond donors (Lipinski definition) is 2. The Balaban J connectivity index is 1.88. The van der Waals surface area contributed by atoms with E-state index in [1.54, 1.807) is 18.2 Å². The fourth-order valence-corrected chi connectivity index (χ4v) is 2.45. The molecule has 0 heterocycles. The van der Waals surface area contributed by atoms with Crippen LogP contribution in [0.25, 0.3) is 0 Å². The Labute approximate surface area is 143 Å². The maximum Gasteiger partial charge on any atom is 0.242 e. The Morgan fingerprint density at radius 2 is 1.71 bits per heavy atom. The van der Waals surface area contributed by atoms with Gasteiger partial charge in [0.1, 0.15) is 6.04 Å². The topological polar surface area (TPSA) is 58.2 Å². The number of hydrogen-bond acceptors (Lipinski definition) is 3. The molecule has 0 unspecified atom stereocenters. The molecule has 2 aromatic carbocycles. The van der Waals surface area contributed by atoms with Crippen LogP contribution < -0.4 is 10.6 Å². The van der Waals surface area contributed by atoms with Crippen molar-refractivity contribution in [3.63, 3.8) is 0 Å². The molecular weight excluding hydrogens is 300 g/mol. The molecule has 4 heteroatoms. The molecule has 0 aliphatic rings. The van der Waals surface area contributed by atoms with E-state index in [1.807, 2.05) is 31.2 Å². The lowest BCUT2D eigenvalue weighted by Crippen LogP contribution is -2.39. The third-order valence-corrected chi connectivity index (χ3v) is 4.00. The second kappa shape index (κ2) is 8.29. The first-order chi connectivity index (χ1) is 11.5. The summed E-state index contributed by atoms with van der Waals surface area (Å²) < 4.78 is 0. The van der Waals surface area contributed by atoms with Crippen LogP contribution in [-0.4, -0.2) is 24.3 Å². The van der Waals surface area contributed by atoms with Crippen molar-refractivity contribution < 1.29 is 9.59 Å². The molecule has 0 saturated carbocycles. The number of benzene rings is 2. The quantitative estimate of drug-likeness (QED) is 0.765. The van der Waals surface area contributed by atoms with E-state index >= 15 is 0 Å². The second-order valence-electron chi connectivity index (χ2n) is 6.06. The number of carbonyl (C=O) groups excluding carboxylic acids is 2. The Bertz CT molecular complexity index is 698. The zero-order valence-corrected chi connectivity index (χ0v) is 14.4. The number of rotatable bonds is 7. The van der Waals surface area contributed by atoms with Gasteiger partial charge in [0.05, 0.1) is 0 Å². The predicted molar refractivity (Wildman–Crippen MR) is 97.4 cm³/mol. The van der Waals surface area contributed by atoms with Gasteiger partial charge in [-0.3, -0.25) is 9.59 Å². The standard InChI is InChI=1S/C20H24N2O2/c1-14(17-8-5-4-6-9-17)13-21-20(24)15(2)22-19-11-7-10-18(12-19)16(3)23/h4-12,14-15,22H,13H2,1-3H3,(H,21,24)/t14-,15+/m1/s1. The van der Waals surface area contributed by atoms with Gasteiger partial charge in [-0.2, -0.15) is 0 Å². The molecule has 0 fully saturated rings. The molecule has 0 aromatic heterocycles. The van der Waals surface area contributed by atoms with E-state index < -0.39 is 0 Å². The van der Waals surface area contributed by atoms with E-state index in [0.29, 0.717) is 12.1 Å². The number of anilines is 1. The molecule has 0 saturated heterocycles. The van der Waals surface area contributed by atoms with Gasteiger partial charge in [-0.25, -0.2) is 0 Å². The van der Waals surface area contributed by atoms with Crippen LogP contribution in [0.1, 0.15) is 42.6 Å². The smallest absolute Gasteiger partial charge is 0.242 e. The number of ketones is 1. The molecule has 0 aliphatic carbocycles. The Morgan fingerprint density at radius 1 is 1.00 bits per heavy atom. The summed E-state index contributed by atoms with van der Waals surface area (Å²) in [5.74, 6) is 0.196. The summed E-state index contributed by atoms with van der Waals surface area (Å²) in [7, 11) is 0. The van der Waals surface area contributed by atoms with Crippen LogP contribution in [0.3, 0.4) is 0 Å². The molecule has 4 nitrogen and oxygen atoms in total. The van der Waals surface area contributed by atoms with Crippen LogP contribution in [-0.2, 0) is 4.79 Å². The SMILES string of the molecule is CC(=O)c1cccc(N[C@@H](C)C(=O)NC[C@@H](C)c2ccccc2)c1. The lowest BCUT2D eigenvalue weighted by Gasteiger charge is -2.18. The van der Waals surface area contributed by atoms with Crippen LogP contribution in [0.4, 0.5) is 5.69 Å². The van der Waals surface area contributed by atoms with Gasteiger partial charge >= 0.3 is 0 Å². The van der Waals surface area contributed by atoms with Crippen LogP contribution >= 0.6 is 0 Å². The highest BCUT2D eigenvalue weighted by Crippen LogP contribution is 2.14. The van der Waals surface area contributed by atoms with E-state index in [0.717, 1.165) is 5.69 Å². The third-order valence-electron chi connectivity index (χ3n) is 4.00. The number of carbonyl (C=O) groups is 2. The largest absolute Gasteiger partial charge is 0.374 e. The average Bonchev–Trinajstić information content (AvgIpc) is 2.60. The summed E-state index contributed by atoms with van der Waals surface area (Å²) >= 11 is 0. The summed E-state index contributed by atoms with van der Waals surface area (Å²) in [6, 6.07) is 16.9. The van der Waals surface area contributed by atoms with Gasteiger partial charge in [-0.15, -0.1) is 0 Å². The monoisotopic (exact) mass is 324 g/mol. The van der Waals surface area contributed by atoms with Crippen molar-refractivity contribution >= 4 is 17.4 Å². The summed E-state index contributed by atoms with van der Waals surface area (Å²) in [5, 5.41) is 6.11. The van der Waals surface area contributed by atoms with Gasteiger partial charge in [0.25, 0.3) is 0 Å². The summed E-state index contributed by atoms with van der Waals surface area (Å²) in [5.41, 5.74) is 2.60. The zero-order chi connectivity index (χ0) is 17.5. The molecule has 0 spiro atoms. The van der Waals surface area contributed by atoms with E-state index in [4.69, 9.17) is 0 Å².